The number of rotatable bonds is 4. The van der Waals surface area contributed by atoms with Gasteiger partial charge in [-0.05, 0) is 11.8 Å². The van der Waals surface area contributed by atoms with Gasteiger partial charge in [0, 0.05) is 11.8 Å². The van der Waals surface area contributed by atoms with Crippen LogP contribution in [0.1, 0.15) is 41.5 Å². The summed E-state index contributed by atoms with van der Waals surface area (Å²) in [6, 6.07) is 0. The largest absolute Gasteiger partial charge is 0.479 e. The fraction of sp³-hybridized carbons (Fsp3) is 0.905. The highest BCUT2D eigenvalue weighted by molar-refractivity contribution is 5.75. The van der Waals surface area contributed by atoms with Crippen LogP contribution in [0.4, 0.5) is 0 Å². The predicted molar refractivity (Wildman–Crippen MR) is 109 cm³/mol. The van der Waals surface area contributed by atoms with Crippen LogP contribution in [0, 0.1) is 23.7 Å². The Balaban J connectivity index is 0.000000311. The zero-order valence-electron chi connectivity index (χ0n) is 19.2. The molecule has 5 N–H and O–H groups in total. The van der Waals surface area contributed by atoms with Crippen LogP contribution in [0.25, 0.3) is 0 Å². The van der Waals surface area contributed by atoms with Crippen molar-refractivity contribution in [3.05, 3.63) is 0 Å². The Morgan fingerprint density at radius 3 is 1.42 bits per heavy atom. The van der Waals surface area contributed by atoms with Crippen molar-refractivity contribution in [2.75, 3.05) is 7.11 Å². The second-order valence-electron chi connectivity index (χ2n) is 9.07. The van der Waals surface area contributed by atoms with Gasteiger partial charge in [0.05, 0.1) is 31.5 Å². The smallest absolute Gasteiger partial charge is 0.335 e. The maximum atomic E-state index is 11.5. The molecule has 0 spiro atoms. The number of carboxylic acid groups (broad SMARTS) is 1. The third-order valence-corrected chi connectivity index (χ3v) is 6.00. The van der Waals surface area contributed by atoms with Gasteiger partial charge in [0.2, 0.25) is 0 Å². The first-order valence-electron chi connectivity index (χ1n) is 10.6. The summed E-state index contributed by atoms with van der Waals surface area (Å²) in [5.74, 6) is -2.71. The number of ether oxygens (including phenoxy) is 3. The molecule has 2 aliphatic heterocycles. The van der Waals surface area contributed by atoms with Crippen molar-refractivity contribution in [3.63, 3.8) is 0 Å². The molecule has 2 heterocycles. The Kier molecular flexibility index (Phi) is 10.3. The lowest BCUT2D eigenvalue weighted by atomic mass is 9.84. The van der Waals surface area contributed by atoms with E-state index in [1.165, 1.54) is 7.11 Å². The molecule has 2 rings (SSSR count). The highest BCUT2D eigenvalue weighted by atomic mass is 16.6. The molecule has 10 nitrogen and oxygen atoms in total. The molecular weight excluding hydrogens is 412 g/mol. The fourth-order valence-electron chi connectivity index (χ4n) is 3.89. The number of carbonyl (C=O) groups is 2. The summed E-state index contributed by atoms with van der Waals surface area (Å²) in [5.41, 5.74) is 0. The van der Waals surface area contributed by atoms with Crippen LogP contribution in [0.5, 0.6) is 0 Å². The van der Waals surface area contributed by atoms with E-state index >= 15 is 0 Å². The van der Waals surface area contributed by atoms with Crippen molar-refractivity contribution < 1.29 is 49.3 Å². The standard InChI is InChI=1S/C11H20O5.C10H18O5/c1-5(2)9-8(13)7(12)6(3)10(16-9)11(14)15-4;1-4(2)8-7(12)6(11)5(3)9(15-8)10(13)14/h5-10,12-13H,1-4H3;4-9,11-12H,1-3H3,(H,13,14)/t6-,7-,8+,9-,10-;5-,6-,7+,8-,9-/m00/s1. The minimum absolute atomic E-state index is 0.0179. The Morgan fingerprint density at radius 1 is 0.742 bits per heavy atom. The molecule has 10 heteroatoms. The van der Waals surface area contributed by atoms with Gasteiger partial charge in [-0.2, -0.15) is 0 Å². The number of hydrogen-bond acceptors (Lipinski definition) is 9. The van der Waals surface area contributed by atoms with Crippen LogP contribution in [0.2, 0.25) is 0 Å². The summed E-state index contributed by atoms with van der Waals surface area (Å²) in [7, 11) is 1.28. The molecule has 0 bridgehead atoms. The van der Waals surface area contributed by atoms with Crippen LogP contribution in [0.15, 0.2) is 0 Å². The summed E-state index contributed by atoms with van der Waals surface area (Å²) in [4.78, 5) is 22.3. The van der Waals surface area contributed by atoms with Crippen molar-refractivity contribution in [1.82, 2.24) is 0 Å². The summed E-state index contributed by atoms with van der Waals surface area (Å²) < 4.78 is 15.4. The molecule has 2 saturated heterocycles. The highest BCUT2D eigenvalue weighted by Gasteiger charge is 2.47. The van der Waals surface area contributed by atoms with Crippen LogP contribution < -0.4 is 0 Å². The zero-order chi connectivity index (χ0) is 24.2. The van der Waals surface area contributed by atoms with Gasteiger partial charge in [-0.25, -0.2) is 9.59 Å². The number of carboxylic acids is 1. The molecule has 0 radical (unpaired) electrons. The Morgan fingerprint density at radius 2 is 1.10 bits per heavy atom. The van der Waals surface area contributed by atoms with E-state index in [0.717, 1.165) is 0 Å². The average Bonchev–Trinajstić information content (AvgIpc) is 2.69. The van der Waals surface area contributed by atoms with Crippen molar-refractivity contribution in [2.24, 2.45) is 23.7 Å². The Bertz CT molecular complexity index is 595. The third-order valence-electron chi connectivity index (χ3n) is 6.00. The molecular formula is C21H38O10. The first kappa shape index (κ1) is 27.7. The van der Waals surface area contributed by atoms with Gasteiger partial charge in [-0.3, -0.25) is 0 Å². The van der Waals surface area contributed by atoms with Crippen molar-refractivity contribution in [1.29, 1.82) is 0 Å². The molecule has 0 aromatic rings. The summed E-state index contributed by atoms with van der Waals surface area (Å²) in [6.07, 6.45) is -7.02. The minimum Gasteiger partial charge on any atom is -0.479 e. The maximum absolute atomic E-state index is 11.5. The lowest BCUT2D eigenvalue weighted by molar-refractivity contribution is -0.218. The molecule has 0 aromatic heterocycles. The van der Waals surface area contributed by atoms with Crippen molar-refractivity contribution in [2.45, 2.75) is 90.4 Å². The van der Waals surface area contributed by atoms with Gasteiger partial charge in [-0.15, -0.1) is 0 Å². The number of aliphatic hydroxyl groups excluding tert-OH is 4. The summed E-state index contributed by atoms with van der Waals surface area (Å²) in [6.45, 7) is 10.6. The molecule has 0 aromatic carbocycles. The minimum atomic E-state index is -1.10. The molecule has 0 amide bonds. The zero-order valence-corrected chi connectivity index (χ0v) is 19.2. The normalized spacial score (nSPS) is 40.8. The molecule has 0 unspecified atom stereocenters. The SMILES string of the molecule is CC(C)[C@@H]1O[C@H](C(=O)O)[C@@H](C)[C@H](O)[C@H]1O.COC(=O)[C@H]1O[C@@H](C(C)C)[C@H](O)[C@@H](O)[C@@H]1C. The first-order chi connectivity index (χ1) is 14.3. The van der Waals surface area contributed by atoms with E-state index in [9.17, 15) is 30.0 Å². The predicted octanol–water partition coefficient (Wildman–Crippen LogP) is -0.207. The second-order valence-corrected chi connectivity index (χ2v) is 9.07. The maximum Gasteiger partial charge on any atom is 0.335 e. The number of aliphatic carboxylic acids is 1. The lowest BCUT2D eigenvalue weighted by Crippen LogP contribution is -2.57. The second kappa shape index (κ2) is 11.5. The van der Waals surface area contributed by atoms with E-state index in [-0.39, 0.29) is 11.8 Å². The van der Waals surface area contributed by atoms with E-state index in [1.54, 1.807) is 13.8 Å². The van der Waals surface area contributed by atoms with Gasteiger partial charge >= 0.3 is 11.9 Å². The Hall–Kier alpha value is -1.30. The number of methoxy groups -OCH3 is 1. The number of hydrogen-bond donors (Lipinski definition) is 5. The van der Waals surface area contributed by atoms with Crippen molar-refractivity contribution in [3.8, 4) is 0 Å². The lowest BCUT2D eigenvalue weighted by Gasteiger charge is -2.41. The molecule has 182 valence electrons. The van der Waals surface area contributed by atoms with Crippen molar-refractivity contribution >= 4 is 11.9 Å². The third kappa shape index (κ3) is 6.36. The van der Waals surface area contributed by atoms with Gasteiger partial charge in [0.1, 0.15) is 12.2 Å². The highest BCUT2D eigenvalue weighted by Crippen LogP contribution is 2.31. The number of esters is 1. The van der Waals surface area contributed by atoms with Crippen LogP contribution in [-0.2, 0) is 23.8 Å². The summed E-state index contributed by atoms with van der Waals surface area (Å²) >= 11 is 0. The van der Waals surface area contributed by atoms with Gasteiger partial charge < -0.3 is 39.7 Å². The quantitative estimate of drug-likeness (QED) is 0.362. The van der Waals surface area contributed by atoms with Gasteiger partial charge in [0.25, 0.3) is 0 Å². The van der Waals surface area contributed by atoms with E-state index in [2.05, 4.69) is 4.74 Å². The molecule has 0 saturated carbocycles. The Labute approximate surface area is 183 Å². The molecule has 31 heavy (non-hydrogen) atoms. The van der Waals surface area contributed by atoms with Crippen LogP contribution in [-0.4, -0.2) is 93.4 Å². The van der Waals surface area contributed by atoms with Crippen LogP contribution >= 0.6 is 0 Å². The molecule has 10 atom stereocenters. The van der Waals surface area contributed by atoms with Gasteiger partial charge in [-0.1, -0.05) is 41.5 Å². The first-order valence-corrected chi connectivity index (χ1v) is 10.6. The average molecular weight is 451 g/mol. The monoisotopic (exact) mass is 450 g/mol. The fourth-order valence-corrected chi connectivity index (χ4v) is 3.89. The molecule has 2 aliphatic rings. The van der Waals surface area contributed by atoms with Gasteiger partial charge in [0.15, 0.2) is 12.2 Å². The van der Waals surface area contributed by atoms with E-state index in [0.29, 0.717) is 0 Å². The van der Waals surface area contributed by atoms with E-state index in [4.69, 9.17) is 14.6 Å². The summed E-state index contributed by atoms with van der Waals surface area (Å²) in [5, 5.41) is 48.0. The number of carbonyl (C=O) groups excluding carboxylic acids is 1. The van der Waals surface area contributed by atoms with E-state index in [1.807, 2.05) is 27.7 Å². The van der Waals surface area contributed by atoms with Crippen LogP contribution in [0.3, 0.4) is 0 Å². The number of aliphatic hydroxyl groups is 4. The molecule has 0 aliphatic carbocycles. The molecule has 2 fully saturated rings. The van der Waals surface area contributed by atoms with E-state index < -0.39 is 72.6 Å². The topological polar surface area (TPSA) is 163 Å².